The number of benzene rings is 2. The van der Waals surface area contributed by atoms with Gasteiger partial charge in [0.25, 0.3) is 5.91 Å². The quantitative estimate of drug-likeness (QED) is 0.867. The van der Waals surface area contributed by atoms with Crippen molar-refractivity contribution in [3.8, 4) is 5.75 Å². The number of para-hydroxylation sites is 2. The van der Waals surface area contributed by atoms with Crippen molar-refractivity contribution in [2.75, 3.05) is 37.0 Å². The number of halogens is 1. The Kier molecular flexibility index (Phi) is 5.35. The summed E-state index contributed by atoms with van der Waals surface area (Å²) in [6.07, 6.45) is 0. The Hall–Kier alpha value is -3.42. The fraction of sp³-hybridized carbons (Fsp3) is 0.211. The first kappa shape index (κ1) is 18.4. The largest absolute Gasteiger partial charge is 0.482 e. The summed E-state index contributed by atoms with van der Waals surface area (Å²) in [6.45, 7) is -0.577. The van der Waals surface area contributed by atoms with Gasteiger partial charge in [0.1, 0.15) is 18.1 Å². The zero-order valence-corrected chi connectivity index (χ0v) is 14.6. The molecule has 27 heavy (non-hydrogen) atoms. The van der Waals surface area contributed by atoms with Gasteiger partial charge in [0, 0.05) is 12.7 Å². The first-order valence-corrected chi connectivity index (χ1v) is 8.25. The Bertz CT molecular complexity index is 887. The van der Waals surface area contributed by atoms with Crippen LogP contribution in [0, 0.1) is 5.82 Å². The van der Waals surface area contributed by atoms with Crippen LogP contribution in [0.3, 0.4) is 0 Å². The lowest BCUT2D eigenvalue weighted by molar-refractivity contribution is -0.133. The normalized spacial score (nSPS) is 12.8. The van der Waals surface area contributed by atoms with E-state index in [2.05, 4.69) is 5.32 Å². The van der Waals surface area contributed by atoms with E-state index in [4.69, 9.17) is 4.74 Å². The second kappa shape index (κ2) is 7.86. The monoisotopic (exact) mass is 371 g/mol. The van der Waals surface area contributed by atoms with Crippen LogP contribution in [0.2, 0.25) is 0 Å². The molecule has 0 atom stereocenters. The van der Waals surface area contributed by atoms with E-state index in [1.54, 1.807) is 30.3 Å². The van der Waals surface area contributed by atoms with E-state index in [1.165, 1.54) is 35.0 Å². The van der Waals surface area contributed by atoms with Crippen LogP contribution in [0.4, 0.5) is 15.8 Å². The Balaban J connectivity index is 1.61. The molecule has 1 N–H and O–H groups in total. The molecule has 3 amide bonds. The average molecular weight is 371 g/mol. The van der Waals surface area contributed by atoms with Gasteiger partial charge >= 0.3 is 0 Å². The highest BCUT2D eigenvalue weighted by molar-refractivity contribution is 6.03. The van der Waals surface area contributed by atoms with Crippen LogP contribution in [0.15, 0.2) is 48.5 Å². The molecule has 0 bridgehead atoms. The standard InChI is InChI=1S/C19H18FN3O4/c1-22(10-17(24)21-14-6-4-5-13(20)9-14)18(25)11-23-15-7-2-3-8-16(15)27-12-19(23)26/h2-9H,10-12H2,1H3,(H,21,24). The number of hydrogen-bond donors (Lipinski definition) is 1. The molecule has 7 nitrogen and oxygen atoms in total. The van der Waals surface area contributed by atoms with Gasteiger partial charge in [0.05, 0.1) is 12.2 Å². The maximum absolute atomic E-state index is 13.2. The number of ether oxygens (including phenoxy) is 1. The van der Waals surface area contributed by atoms with Crippen LogP contribution in [-0.4, -0.2) is 49.4 Å². The third-order valence-corrected chi connectivity index (χ3v) is 4.02. The minimum atomic E-state index is -0.471. The number of nitrogens with zero attached hydrogens (tertiary/aromatic N) is 2. The van der Waals surface area contributed by atoms with Crippen molar-refractivity contribution in [1.29, 1.82) is 0 Å². The Labute approximate surface area is 155 Å². The first-order chi connectivity index (χ1) is 12.9. The molecule has 140 valence electrons. The topological polar surface area (TPSA) is 79.0 Å². The van der Waals surface area contributed by atoms with Crippen molar-refractivity contribution in [2.45, 2.75) is 0 Å². The number of hydrogen-bond acceptors (Lipinski definition) is 4. The summed E-state index contributed by atoms with van der Waals surface area (Å²) < 4.78 is 18.5. The second-order valence-electron chi connectivity index (χ2n) is 6.04. The summed E-state index contributed by atoms with van der Waals surface area (Å²) in [6, 6.07) is 12.4. The molecule has 2 aromatic rings. The summed E-state index contributed by atoms with van der Waals surface area (Å²) in [4.78, 5) is 39.2. The molecule has 3 rings (SSSR count). The number of nitrogens with one attached hydrogen (secondary N) is 1. The van der Waals surface area contributed by atoms with Crippen molar-refractivity contribution in [2.24, 2.45) is 0 Å². The number of fused-ring (bicyclic) bond motifs is 1. The van der Waals surface area contributed by atoms with Gasteiger partial charge in [-0.1, -0.05) is 18.2 Å². The Morgan fingerprint density at radius 2 is 2.00 bits per heavy atom. The highest BCUT2D eigenvalue weighted by atomic mass is 19.1. The maximum atomic E-state index is 13.2. The number of carbonyl (C=O) groups excluding carboxylic acids is 3. The van der Waals surface area contributed by atoms with Gasteiger partial charge in [-0.3, -0.25) is 19.3 Å². The number of rotatable bonds is 5. The summed E-state index contributed by atoms with van der Waals surface area (Å²) in [5, 5.41) is 2.52. The van der Waals surface area contributed by atoms with Crippen molar-refractivity contribution in [3.63, 3.8) is 0 Å². The van der Waals surface area contributed by atoms with Gasteiger partial charge < -0.3 is 15.0 Å². The molecule has 0 unspecified atom stereocenters. The van der Waals surface area contributed by atoms with Crippen LogP contribution >= 0.6 is 0 Å². The van der Waals surface area contributed by atoms with Crippen LogP contribution < -0.4 is 15.0 Å². The molecule has 1 heterocycles. The smallest absolute Gasteiger partial charge is 0.265 e. The van der Waals surface area contributed by atoms with Gasteiger partial charge in [-0.2, -0.15) is 0 Å². The summed E-state index contributed by atoms with van der Waals surface area (Å²) >= 11 is 0. The van der Waals surface area contributed by atoms with Crippen LogP contribution in [0.5, 0.6) is 5.75 Å². The predicted molar refractivity (Wildman–Crippen MR) is 97.0 cm³/mol. The summed E-state index contributed by atoms with van der Waals surface area (Å²) in [5.41, 5.74) is 0.817. The first-order valence-electron chi connectivity index (χ1n) is 8.25. The zero-order chi connectivity index (χ0) is 19.4. The summed E-state index contributed by atoms with van der Waals surface area (Å²) in [7, 11) is 1.46. The molecule has 0 saturated carbocycles. The number of amides is 3. The molecule has 0 fully saturated rings. The van der Waals surface area contributed by atoms with E-state index in [9.17, 15) is 18.8 Å². The molecule has 0 saturated heterocycles. The Morgan fingerprint density at radius 1 is 1.22 bits per heavy atom. The minimum absolute atomic E-state index is 0.145. The lowest BCUT2D eigenvalue weighted by Gasteiger charge is -2.30. The SMILES string of the molecule is CN(CC(=O)Nc1cccc(F)c1)C(=O)CN1C(=O)COc2ccccc21. The van der Waals surface area contributed by atoms with Gasteiger partial charge in [0.2, 0.25) is 11.8 Å². The van der Waals surface area contributed by atoms with Gasteiger partial charge in [-0.05, 0) is 30.3 Å². The summed E-state index contributed by atoms with van der Waals surface area (Å²) in [5.74, 6) is -1.16. The zero-order valence-electron chi connectivity index (χ0n) is 14.6. The van der Waals surface area contributed by atoms with Crippen molar-refractivity contribution in [3.05, 3.63) is 54.3 Å². The number of carbonyl (C=O) groups is 3. The van der Waals surface area contributed by atoms with Gasteiger partial charge in [-0.15, -0.1) is 0 Å². The van der Waals surface area contributed by atoms with E-state index in [-0.39, 0.29) is 25.6 Å². The van der Waals surface area contributed by atoms with Crippen LogP contribution in [-0.2, 0) is 14.4 Å². The van der Waals surface area contributed by atoms with Crippen molar-refractivity contribution < 1.29 is 23.5 Å². The van der Waals surface area contributed by atoms with E-state index in [1.807, 2.05) is 0 Å². The van der Waals surface area contributed by atoms with Crippen molar-refractivity contribution >= 4 is 29.1 Å². The molecule has 8 heteroatoms. The molecular weight excluding hydrogens is 353 g/mol. The molecule has 0 radical (unpaired) electrons. The van der Waals surface area contributed by atoms with Crippen molar-refractivity contribution in [1.82, 2.24) is 4.90 Å². The molecule has 1 aliphatic heterocycles. The highest BCUT2D eigenvalue weighted by Gasteiger charge is 2.28. The molecule has 0 aromatic heterocycles. The molecule has 2 aromatic carbocycles. The molecule has 0 spiro atoms. The van der Waals surface area contributed by atoms with E-state index in [0.29, 0.717) is 17.1 Å². The predicted octanol–water partition coefficient (Wildman–Crippen LogP) is 1.65. The third-order valence-electron chi connectivity index (χ3n) is 4.02. The lowest BCUT2D eigenvalue weighted by atomic mass is 10.2. The van der Waals surface area contributed by atoms with Crippen LogP contribution in [0.1, 0.15) is 0 Å². The van der Waals surface area contributed by atoms with E-state index >= 15 is 0 Å². The number of likely N-dealkylation sites (N-methyl/N-ethyl adjacent to an activating group) is 1. The van der Waals surface area contributed by atoms with E-state index < -0.39 is 17.6 Å². The van der Waals surface area contributed by atoms with E-state index in [0.717, 1.165) is 0 Å². The number of anilines is 2. The Morgan fingerprint density at radius 3 is 2.78 bits per heavy atom. The fourth-order valence-corrected chi connectivity index (χ4v) is 2.65. The fourth-order valence-electron chi connectivity index (χ4n) is 2.65. The molecule has 1 aliphatic rings. The second-order valence-corrected chi connectivity index (χ2v) is 6.04. The molecule has 0 aliphatic carbocycles. The maximum Gasteiger partial charge on any atom is 0.265 e. The lowest BCUT2D eigenvalue weighted by Crippen LogP contribution is -2.46. The molecular formula is C19H18FN3O4. The minimum Gasteiger partial charge on any atom is -0.482 e. The average Bonchev–Trinajstić information content (AvgIpc) is 2.63. The van der Waals surface area contributed by atoms with Gasteiger partial charge in [0.15, 0.2) is 6.61 Å². The van der Waals surface area contributed by atoms with Gasteiger partial charge in [-0.25, -0.2) is 4.39 Å². The highest BCUT2D eigenvalue weighted by Crippen LogP contribution is 2.31. The third kappa shape index (κ3) is 4.41. The van der Waals surface area contributed by atoms with Crippen LogP contribution in [0.25, 0.3) is 0 Å².